The fraction of sp³-hybridized carbons (Fsp3) is 0.250. The molecule has 2 heterocycles. The summed E-state index contributed by atoms with van der Waals surface area (Å²) in [5, 5.41) is 2.75. The van der Waals surface area contributed by atoms with Crippen LogP contribution < -0.4 is 15.0 Å². The van der Waals surface area contributed by atoms with Gasteiger partial charge in [0.05, 0.1) is 22.7 Å². The molecule has 166 valence electrons. The Morgan fingerprint density at radius 2 is 1.97 bits per heavy atom. The Kier molecular flexibility index (Phi) is 6.48. The van der Waals surface area contributed by atoms with Crippen molar-refractivity contribution in [3.05, 3.63) is 74.2 Å². The molecule has 0 radical (unpaired) electrons. The number of benzene rings is 2. The Morgan fingerprint density at radius 3 is 2.75 bits per heavy atom. The lowest BCUT2D eigenvalue weighted by Gasteiger charge is -2.22. The number of amides is 2. The molecule has 3 aromatic rings. The van der Waals surface area contributed by atoms with Gasteiger partial charge in [-0.15, -0.1) is 11.3 Å². The Bertz CT molecular complexity index is 1190. The van der Waals surface area contributed by atoms with Gasteiger partial charge in [0.1, 0.15) is 11.6 Å². The van der Waals surface area contributed by atoms with E-state index in [1.54, 1.807) is 36.1 Å². The van der Waals surface area contributed by atoms with Crippen molar-refractivity contribution in [2.45, 2.75) is 26.2 Å². The van der Waals surface area contributed by atoms with Gasteiger partial charge in [0.2, 0.25) is 0 Å². The van der Waals surface area contributed by atoms with E-state index in [1.165, 1.54) is 30.6 Å². The number of nitrogens with one attached hydrogen (secondary N) is 1. The van der Waals surface area contributed by atoms with Gasteiger partial charge in [0, 0.05) is 28.7 Å². The number of hydrogen-bond acceptors (Lipinski definition) is 4. The summed E-state index contributed by atoms with van der Waals surface area (Å²) < 4.78 is 19.9. The number of methoxy groups -OCH3 is 1. The van der Waals surface area contributed by atoms with E-state index in [0.29, 0.717) is 27.9 Å². The molecule has 5 nitrogen and oxygen atoms in total. The molecule has 0 aliphatic carbocycles. The fourth-order valence-corrected chi connectivity index (χ4v) is 5.13. The van der Waals surface area contributed by atoms with Crippen LogP contribution in [0.5, 0.6) is 5.75 Å². The van der Waals surface area contributed by atoms with E-state index in [9.17, 15) is 14.0 Å². The topological polar surface area (TPSA) is 58.6 Å². The highest BCUT2D eigenvalue weighted by molar-refractivity contribution is 7.16. The molecule has 0 atom stereocenters. The number of halogens is 2. The van der Waals surface area contributed by atoms with Crippen LogP contribution in [0.3, 0.4) is 0 Å². The number of carbonyl (C=O) groups is 2. The van der Waals surface area contributed by atoms with E-state index in [-0.39, 0.29) is 17.0 Å². The molecule has 2 aromatic carbocycles. The zero-order chi connectivity index (χ0) is 22.8. The Balaban J connectivity index is 1.61. The lowest BCUT2D eigenvalue weighted by molar-refractivity contribution is 0.0983. The maximum Gasteiger partial charge on any atom is 0.262 e. The first-order chi connectivity index (χ1) is 15.4. The first kappa shape index (κ1) is 22.3. The SMILES string of the molecule is COc1cc(NC(=O)c2cccc(F)c2C)ccc1C(=O)N1CCCCc2sc(Cl)cc21. The third kappa shape index (κ3) is 4.36. The van der Waals surface area contributed by atoms with E-state index < -0.39 is 11.7 Å². The van der Waals surface area contributed by atoms with Crippen molar-refractivity contribution >= 4 is 46.1 Å². The van der Waals surface area contributed by atoms with Gasteiger partial charge in [-0.2, -0.15) is 0 Å². The minimum Gasteiger partial charge on any atom is -0.496 e. The lowest BCUT2D eigenvalue weighted by atomic mass is 10.1. The molecule has 0 saturated carbocycles. The molecule has 0 bridgehead atoms. The quantitative estimate of drug-likeness (QED) is 0.499. The van der Waals surface area contributed by atoms with E-state index in [4.69, 9.17) is 16.3 Å². The fourth-order valence-electron chi connectivity index (χ4n) is 3.82. The highest BCUT2D eigenvalue weighted by Crippen LogP contribution is 2.38. The number of fused-ring (bicyclic) bond motifs is 1. The Morgan fingerprint density at radius 1 is 1.16 bits per heavy atom. The molecule has 1 N–H and O–H groups in total. The van der Waals surface area contributed by atoms with Crippen molar-refractivity contribution in [2.75, 3.05) is 23.9 Å². The van der Waals surface area contributed by atoms with Crippen molar-refractivity contribution in [3.63, 3.8) is 0 Å². The summed E-state index contributed by atoms with van der Waals surface area (Å²) in [7, 11) is 1.48. The average Bonchev–Trinajstić information content (AvgIpc) is 3.03. The van der Waals surface area contributed by atoms with Gasteiger partial charge in [0.15, 0.2) is 0 Å². The van der Waals surface area contributed by atoms with Gasteiger partial charge >= 0.3 is 0 Å². The largest absolute Gasteiger partial charge is 0.496 e. The molecule has 4 rings (SSSR count). The monoisotopic (exact) mass is 472 g/mol. The van der Waals surface area contributed by atoms with Crippen LogP contribution in [0.2, 0.25) is 4.34 Å². The Labute approximate surface area is 194 Å². The third-order valence-corrected chi connectivity index (χ3v) is 6.84. The molecule has 1 aromatic heterocycles. The summed E-state index contributed by atoms with van der Waals surface area (Å²) in [6.07, 6.45) is 2.79. The van der Waals surface area contributed by atoms with Crippen molar-refractivity contribution < 1.29 is 18.7 Å². The summed E-state index contributed by atoms with van der Waals surface area (Å²) in [4.78, 5) is 28.9. The number of aryl methyl sites for hydroxylation is 1. The van der Waals surface area contributed by atoms with Crippen molar-refractivity contribution in [3.8, 4) is 5.75 Å². The second-order valence-corrected chi connectivity index (χ2v) is 9.32. The number of thiophene rings is 1. The number of nitrogens with zero attached hydrogens (tertiary/aromatic N) is 1. The van der Waals surface area contributed by atoms with E-state index >= 15 is 0 Å². The highest BCUT2D eigenvalue weighted by Gasteiger charge is 2.26. The number of carbonyl (C=O) groups excluding carboxylic acids is 2. The predicted octanol–water partition coefficient (Wildman–Crippen LogP) is 6.09. The van der Waals surface area contributed by atoms with Gasteiger partial charge < -0.3 is 15.0 Å². The number of hydrogen-bond donors (Lipinski definition) is 1. The molecular weight excluding hydrogens is 451 g/mol. The second kappa shape index (κ2) is 9.30. The first-order valence-corrected chi connectivity index (χ1v) is 11.4. The number of rotatable bonds is 4. The van der Waals surface area contributed by atoms with E-state index in [1.807, 2.05) is 6.07 Å². The van der Waals surface area contributed by atoms with Crippen molar-refractivity contribution in [2.24, 2.45) is 0 Å². The molecule has 1 aliphatic heterocycles. The van der Waals surface area contributed by atoms with Crippen LogP contribution in [0, 0.1) is 12.7 Å². The molecule has 1 aliphatic rings. The number of ether oxygens (including phenoxy) is 1. The molecule has 0 spiro atoms. The smallest absolute Gasteiger partial charge is 0.262 e. The summed E-state index contributed by atoms with van der Waals surface area (Å²) in [6.45, 7) is 2.15. The maximum absolute atomic E-state index is 13.8. The standard InChI is InChI=1S/C24H22ClFN2O3S/c1-14-16(6-5-7-18(14)26)23(29)27-15-9-10-17(20(12-15)31-2)24(30)28-11-4-3-8-21-19(28)13-22(25)32-21/h5-7,9-10,12-13H,3-4,8,11H2,1-2H3,(H,27,29). The maximum atomic E-state index is 13.8. The predicted molar refractivity (Wildman–Crippen MR) is 126 cm³/mol. The average molecular weight is 473 g/mol. The van der Waals surface area contributed by atoms with Gasteiger partial charge in [-0.3, -0.25) is 9.59 Å². The lowest BCUT2D eigenvalue weighted by Crippen LogP contribution is -2.31. The van der Waals surface area contributed by atoms with Crippen molar-refractivity contribution in [1.82, 2.24) is 0 Å². The number of anilines is 2. The molecule has 2 amide bonds. The molecular formula is C24H22ClFN2O3S. The summed E-state index contributed by atoms with van der Waals surface area (Å²) in [5.41, 5.74) is 2.21. The molecule has 0 saturated heterocycles. The van der Waals surface area contributed by atoms with Crippen LogP contribution >= 0.6 is 22.9 Å². The van der Waals surface area contributed by atoms with Crippen LogP contribution in [0.25, 0.3) is 0 Å². The molecule has 0 unspecified atom stereocenters. The van der Waals surface area contributed by atoms with Gasteiger partial charge in [-0.05, 0) is 62.1 Å². The van der Waals surface area contributed by atoms with Crippen LogP contribution in [0.15, 0.2) is 42.5 Å². The van der Waals surface area contributed by atoms with Gasteiger partial charge in [-0.25, -0.2) is 4.39 Å². The minimum absolute atomic E-state index is 0.182. The van der Waals surface area contributed by atoms with Crippen LogP contribution in [0.1, 0.15) is 44.0 Å². The molecule has 32 heavy (non-hydrogen) atoms. The van der Waals surface area contributed by atoms with Crippen LogP contribution in [-0.2, 0) is 6.42 Å². The normalized spacial score (nSPS) is 13.3. The van der Waals surface area contributed by atoms with E-state index in [0.717, 1.165) is 29.8 Å². The Hall–Kier alpha value is -2.90. The summed E-state index contributed by atoms with van der Waals surface area (Å²) >= 11 is 7.72. The van der Waals surface area contributed by atoms with Gasteiger partial charge in [-0.1, -0.05) is 17.7 Å². The zero-order valence-electron chi connectivity index (χ0n) is 17.7. The van der Waals surface area contributed by atoms with Crippen LogP contribution in [0.4, 0.5) is 15.8 Å². The molecule has 8 heteroatoms. The van der Waals surface area contributed by atoms with Crippen molar-refractivity contribution in [1.29, 1.82) is 0 Å². The minimum atomic E-state index is -0.443. The van der Waals surface area contributed by atoms with Crippen LogP contribution in [-0.4, -0.2) is 25.5 Å². The summed E-state index contributed by atoms with van der Waals surface area (Å²) in [6, 6.07) is 11.1. The molecule has 0 fully saturated rings. The third-order valence-electron chi connectivity index (χ3n) is 5.53. The second-order valence-electron chi connectivity index (χ2n) is 7.55. The van der Waals surface area contributed by atoms with E-state index in [2.05, 4.69) is 5.32 Å². The van der Waals surface area contributed by atoms with Gasteiger partial charge in [0.25, 0.3) is 11.8 Å². The first-order valence-electron chi connectivity index (χ1n) is 10.2. The zero-order valence-corrected chi connectivity index (χ0v) is 19.3. The summed E-state index contributed by atoms with van der Waals surface area (Å²) in [5.74, 6) is -0.719. The highest BCUT2D eigenvalue weighted by atomic mass is 35.5.